The predicted octanol–water partition coefficient (Wildman–Crippen LogP) is 6.48. The van der Waals surface area contributed by atoms with Gasteiger partial charge in [-0.1, -0.05) is 72.3 Å². The van der Waals surface area contributed by atoms with Crippen molar-refractivity contribution in [3.63, 3.8) is 0 Å². The molecule has 0 unspecified atom stereocenters. The molecule has 5 heteroatoms. The minimum Gasteiger partial charge on any atom is -0.465 e. The predicted molar refractivity (Wildman–Crippen MR) is 138 cm³/mol. The Labute approximate surface area is 209 Å². The molecule has 1 aliphatic rings. The van der Waals surface area contributed by atoms with E-state index in [0.717, 1.165) is 33.0 Å². The van der Waals surface area contributed by atoms with Crippen LogP contribution in [0.15, 0.2) is 78.9 Å². The van der Waals surface area contributed by atoms with E-state index in [0.29, 0.717) is 22.6 Å². The molecule has 4 aromatic carbocycles. The van der Waals surface area contributed by atoms with Gasteiger partial charge in [-0.05, 0) is 82.6 Å². The minimum absolute atomic E-state index is 0.155. The third-order valence-corrected chi connectivity index (χ3v) is 6.87. The number of benzene rings is 4. The van der Waals surface area contributed by atoms with Gasteiger partial charge in [0.1, 0.15) is 0 Å². The Hall–Kier alpha value is -3.63. The summed E-state index contributed by atoms with van der Waals surface area (Å²) in [6.45, 7) is 3.79. The third kappa shape index (κ3) is 3.60. The zero-order chi connectivity index (χ0) is 24.6. The van der Waals surface area contributed by atoms with Crippen molar-refractivity contribution in [2.45, 2.75) is 25.7 Å². The second kappa shape index (κ2) is 9.20. The molecular weight excluding hydrogens is 460 g/mol. The number of esters is 2. The van der Waals surface area contributed by atoms with Gasteiger partial charge in [-0.15, -0.1) is 0 Å². The number of halogens is 1. The van der Waals surface area contributed by atoms with Gasteiger partial charge in [-0.3, -0.25) is 9.59 Å². The molecule has 0 aliphatic heterocycles. The Kier molecular flexibility index (Phi) is 6.08. The Morgan fingerprint density at radius 1 is 0.800 bits per heavy atom. The molecule has 0 atom stereocenters. The molecule has 5 rings (SSSR count). The standard InChI is InChI=1S/C30H25ClO4/c1-3-34-28(32)30(29(33)35-4-2)25-12-8-7-11-23(25)27-24(17-19-13-15-21(31)16-14-19)22-10-6-5-9-20(22)18-26(27)30/h5-16,18H,3-4,17H2,1-2H3. The minimum atomic E-state index is -1.68. The molecule has 0 N–H and O–H groups in total. The average Bonchev–Trinajstić information content (AvgIpc) is 3.16. The quantitative estimate of drug-likeness (QED) is 0.232. The molecule has 0 saturated carbocycles. The van der Waals surface area contributed by atoms with Crippen molar-refractivity contribution in [1.82, 2.24) is 0 Å². The maximum absolute atomic E-state index is 13.7. The number of fused-ring (bicyclic) bond motifs is 4. The van der Waals surface area contributed by atoms with Crippen molar-refractivity contribution in [2.24, 2.45) is 0 Å². The Balaban J connectivity index is 1.88. The van der Waals surface area contributed by atoms with Crippen LogP contribution in [0.2, 0.25) is 5.02 Å². The van der Waals surface area contributed by atoms with Crippen LogP contribution in [0, 0.1) is 0 Å². The van der Waals surface area contributed by atoms with E-state index in [1.807, 2.05) is 72.8 Å². The van der Waals surface area contributed by atoms with Crippen molar-refractivity contribution in [2.75, 3.05) is 13.2 Å². The summed E-state index contributed by atoms with van der Waals surface area (Å²) in [5.41, 5.74) is 3.38. The molecule has 176 valence electrons. The summed E-state index contributed by atoms with van der Waals surface area (Å²) in [5, 5.41) is 2.69. The highest BCUT2D eigenvalue weighted by molar-refractivity contribution is 6.30. The van der Waals surface area contributed by atoms with Crippen molar-refractivity contribution in [1.29, 1.82) is 0 Å². The number of rotatable bonds is 6. The summed E-state index contributed by atoms with van der Waals surface area (Å²) in [6.07, 6.45) is 0.608. The van der Waals surface area contributed by atoms with E-state index in [4.69, 9.17) is 21.1 Å². The van der Waals surface area contributed by atoms with E-state index in [1.165, 1.54) is 0 Å². The SMILES string of the molecule is CCOC(=O)C1(C(=O)OCC)c2ccccc2-c2c1cc1ccccc1c2Cc1ccc(Cl)cc1. The molecule has 0 aromatic heterocycles. The van der Waals surface area contributed by atoms with E-state index in [2.05, 4.69) is 6.07 Å². The van der Waals surface area contributed by atoms with E-state index >= 15 is 0 Å². The van der Waals surface area contributed by atoms with Crippen LogP contribution in [0.4, 0.5) is 0 Å². The highest BCUT2D eigenvalue weighted by Crippen LogP contribution is 2.53. The molecule has 0 bridgehead atoms. The van der Waals surface area contributed by atoms with Crippen LogP contribution in [0.5, 0.6) is 0 Å². The van der Waals surface area contributed by atoms with Crippen LogP contribution in [0.1, 0.15) is 36.1 Å². The van der Waals surface area contributed by atoms with Crippen LogP contribution in [-0.2, 0) is 30.9 Å². The molecule has 35 heavy (non-hydrogen) atoms. The highest BCUT2D eigenvalue weighted by atomic mass is 35.5. The lowest BCUT2D eigenvalue weighted by Crippen LogP contribution is -2.45. The summed E-state index contributed by atoms with van der Waals surface area (Å²) >= 11 is 6.13. The topological polar surface area (TPSA) is 52.6 Å². The first-order chi connectivity index (χ1) is 17.0. The smallest absolute Gasteiger partial charge is 0.332 e. The molecule has 0 saturated heterocycles. The van der Waals surface area contributed by atoms with Gasteiger partial charge in [0.2, 0.25) is 5.41 Å². The van der Waals surface area contributed by atoms with Crippen LogP contribution < -0.4 is 0 Å². The first-order valence-electron chi connectivity index (χ1n) is 11.8. The van der Waals surface area contributed by atoms with Crippen molar-refractivity contribution in [3.8, 4) is 11.1 Å². The number of hydrogen-bond donors (Lipinski definition) is 0. The maximum atomic E-state index is 13.7. The summed E-state index contributed by atoms with van der Waals surface area (Å²) < 4.78 is 11.1. The number of ether oxygens (including phenoxy) is 2. The Morgan fingerprint density at radius 3 is 2.11 bits per heavy atom. The van der Waals surface area contributed by atoms with Crippen molar-refractivity contribution < 1.29 is 19.1 Å². The van der Waals surface area contributed by atoms with Gasteiger partial charge in [0.05, 0.1) is 13.2 Å². The summed E-state index contributed by atoms with van der Waals surface area (Å²) in [5.74, 6) is -1.23. The molecule has 4 nitrogen and oxygen atoms in total. The number of carbonyl (C=O) groups excluding carboxylic acids is 2. The van der Waals surface area contributed by atoms with E-state index in [1.54, 1.807) is 13.8 Å². The zero-order valence-corrected chi connectivity index (χ0v) is 20.4. The first kappa shape index (κ1) is 23.1. The lowest BCUT2D eigenvalue weighted by Gasteiger charge is -2.27. The highest BCUT2D eigenvalue weighted by Gasteiger charge is 2.58. The van der Waals surface area contributed by atoms with Gasteiger partial charge in [0.25, 0.3) is 0 Å². The second-order valence-corrected chi connectivity index (χ2v) is 8.98. The molecule has 0 spiro atoms. The fraction of sp³-hybridized carbons (Fsp3) is 0.200. The fourth-order valence-corrected chi connectivity index (χ4v) is 5.32. The van der Waals surface area contributed by atoms with Gasteiger partial charge in [-0.25, -0.2) is 0 Å². The molecule has 4 aromatic rings. The third-order valence-electron chi connectivity index (χ3n) is 6.62. The molecule has 1 aliphatic carbocycles. The van der Waals surface area contributed by atoms with Gasteiger partial charge in [0.15, 0.2) is 0 Å². The van der Waals surface area contributed by atoms with Crippen LogP contribution in [0.3, 0.4) is 0 Å². The van der Waals surface area contributed by atoms with Crippen LogP contribution in [0.25, 0.3) is 21.9 Å². The molecule has 0 fully saturated rings. The van der Waals surface area contributed by atoms with Crippen molar-refractivity contribution in [3.05, 3.63) is 106 Å². The van der Waals surface area contributed by atoms with Gasteiger partial charge < -0.3 is 9.47 Å². The van der Waals surface area contributed by atoms with Gasteiger partial charge >= 0.3 is 11.9 Å². The number of carbonyl (C=O) groups is 2. The maximum Gasteiger partial charge on any atom is 0.332 e. The lowest BCUT2D eigenvalue weighted by molar-refractivity contribution is -0.162. The van der Waals surface area contributed by atoms with E-state index in [-0.39, 0.29) is 13.2 Å². The summed E-state index contributed by atoms with van der Waals surface area (Å²) in [6, 6.07) is 25.3. The normalized spacial score (nSPS) is 13.2. The lowest BCUT2D eigenvalue weighted by atomic mass is 9.77. The largest absolute Gasteiger partial charge is 0.465 e. The Bertz CT molecular complexity index is 1420. The first-order valence-corrected chi connectivity index (χ1v) is 12.1. The van der Waals surface area contributed by atoms with Gasteiger partial charge in [-0.2, -0.15) is 0 Å². The summed E-state index contributed by atoms with van der Waals surface area (Å²) in [4.78, 5) is 27.4. The molecule has 0 heterocycles. The van der Waals surface area contributed by atoms with Crippen molar-refractivity contribution >= 4 is 34.3 Å². The van der Waals surface area contributed by atoms with E-state index < -0.39 is 17.4 Å². The summed E-state index contributed by atoms with van der Waals surface area (Å²) in [7, 11) is 0. The van der Waals surface area contributed by atoms with E-state index in [9.17, 15) is 9.59 Å². The molecular formula is C30H25ClO4. The van der Waals surface area contributed by atoms with Crippen LogP contribution in [-0.4, -0.2) is 25.2 Å². The fourth-order valence-electron chi connectivity index (χ4n) is 5.19. The monoisotopic (exact) mass is 484 g/mol. The van der Waals surface area contributed by atoms with Gasteiger partial charge in [0, 0.05) is 5.02 Å². The van der Waals surface area contributed by atoms with Crippen LogP contribution >= 0.6 is 11.6 Å². The average molecular weight is 485 g/mol. The second-order valence-electron chi connectivity index (χ2n) is 8.54. The Morgan fingerprint density at radius 2 is 1.43 bits per heavy atom. The zero-order valence-electron chi connectivity index (χ0n) is 19.6. The number of hydrogen-bond acceptors (Lipinski definition) is 4. The molecule has 0 amide bonds. The molecule has 0 radical (unpaired) electrons.